The fourth-order valence-corrected chi connectivity index (χ4v) is 3.49. The van der Waals surface area contributed by atoms with Gasteiger partial charge in [0.2, 0.25) is 0 Å². The van der Waals surface area contributed by atoms with Crippen molar-refractivity contribution in [2.24, 2.45) is 0 Å². The molecule has 108 valence electrons. The lowest BCUT2D eigenvalue weighted by molar-refractivity contribution is 0.889. The second kappa shape index (κ2) is 6.44. The second-order valence-electron chi connectivity index (χ2n) is 4.60. The number of anilines is 2. The molecule has 0 unspecified atom stereocenters. The molecule has 0 radical (unpaired) electrons. The van der Waals surface area contributed by atoms with E-state index in [0.29, 0.717) is 0 Å². The average molecular weight is 355 g/mol. The highest BCUT2D eigenvalue weighted by atomic mass is 35.5. The van der Waals surface area contributed by atoms with Crippen LogP contribution in [0.3, 0.4) is 0 Å². The highest BCUT2D eigenvalue weighted by Crippen LogP contribution is 2.29. The predicted octanol–water partition coefficient (Wildman–Crippen LogP) is 5.25. The van der Waals surface area contributed by atoms with Crippen LogP contribution in [0.15, 0.2) is 48.5 Å². The van der Waals surface area contributed by atoms with E-state index in [4.69, 9.17) is 35.4 Å². The van der Waals surface area contributed by atoms with Gasteiger partial charge in [-0.25, -0.2) is 0 Å². The summed E-state index contributed by atoms with van der Waals surface area (Å²) in [5.74, 6) is 0.838. The molecule has 0 N–H and O–H groups in total. The molecule has 0 amide bonds. The molecule has 1 saturated heterocycles. The summed E-state index contributed by atoms with van der Waals surface area (Å²) in [6, 6.07) is 15.6. The molecule has 0 aromatic heterocycles. The van der Waals surface area contributed by atoms with Crippen molar-refractivity contribution in [3.8, 4) is 0 Å². The Bertz CT molecular complexity index is 644. The number of halogens is 2. The lowest BCUT2D eigenvalue weighted by Crippen LogP contribution is -2.45. The van der Waals surface area contributed by atoms with E-state index in [1.807, 2.05) is 48.5 Å². The van der Waals surface area contributed by atoms with Gasteiger partial charge >= 0.3 is 0 Å². The normalized spacial score (nSPS) is 15.4. The zero-order valence-corrected chi connectivity index (χ0v) is 14.1. The number of benzene rings is 2. The molecule has 3 rings (SSSR count). The fourth-order valence-electron chi connectivity index (χ4n) is 2.10. The number of nitrogens with zero attached hydrogens (tertiary/aromatic N) is 2. The Morgan fingerprint density at radius 3 is 1.95 bits per heavy atom. The molecule has 2 aromatic carbocycles. The van der Waals surface area contributed by atoms with Gasteiger partial charge in [-0.3, -0.25) is 0 Å². The van der Waals surface area contributed by atoms with Crippen LogP contribution in [0.1, 0.15) is 0 Å². The summed E-state index contributed by atoms with van der Waals surface area (Å²) in [6.07, 6.45) is 0. The Kier molecular flexibility index (Phi) is 4.60. The van der Waals surface area contributed by atoms with Crippen molar-refractivity contribution in [2.75, 3.05) is 22.3 Å². The molecule has 0 saturated carbocycles. The Balaban J connectivity index is 1.83. The average Bonchev–Trinajstić information content (AvgIpc) is 2.50. The quantitative estimate of drug-likeness (QED) is 0.678. The molecule has 0 spiro atoms. The first kappa shape index (κ1) is 15.0. The van der Waals surface area contributed by atoms with Crippen LogP contribution >= 0.6 is 47.2 Å². The van der Waals surface area contributed by atoms with Crippen molar-refractivity contribution in [3.63, 3.8) is 0 Å². The third kappa shape index (κ3) is 3.46. The van der Waals surface area contributed by atoms with Gasteiger partial charge in [0, 0.05) is 21.4 Å². The molecular weight excluding hydrogens is 343 g/mol. The Morgan fingerprint density at radius 1 is 0.857 bits per heavy atom. The topological polar surface area (TPSA) is 6.48 Å². The third-order valence-corrected chi connectivity index (χ3v) is 5.19. The number of rotatable bonds is 2. The predicted molar refractivity (Wildman–Crippen MR) is 97.8 cm³/mol. The first-order valence-electron chi connectivity index (χ1n) is 6.34. The van der Waals surface area contributed by atoms with Crippen molar-refractivity contribution in [1.29, 1.82) is 0 Å². The van der Waals surface area contributed by atoms with Crippen molar-refractivity contribution >= 4 is 62.9 Å². The van der Waals surface area contributed by atoms with Gasteiger partial charge < -0.3 is 9.80 Å². The van der Waals surface area contributed by atoms with Crippen LogP contribution in [-0.4, -0.2) is 16.9 Å². The molecule has 0 atom stereocenters. The van der Waals surface area contributed by atoms with Crippen molar-refractivity contribution in [2.45, 2.75) is 0 Å². The van der Waals surface area contributed by atoms with Crippen LogP contribution in [0, 0.1) is 0 Å². The monoisotopic (exact) mass is 354 g/mol. The maximum absolute atomic E-state index is 5.95. The number of thioether (sulfide) groups is 1. The van der Waals surface area contributed by atoms with Gasteiger partial charge in [0.25, 0.3) is 0 Å². The minimum atomic E-state index is 0.717. The largest absolute Gasteiger partial charge is 0.344 e. The minimum Gasteiger partial charge on any atom is -0.344 e. The van der Waals surface area contributed by atoms with E-state index in [1.165, 1.54) is 0 Å². The van der Waals surface area contributed by atoms with E-state index in [1.54, 1.807) is 11.8 Å². The van der Waals surface area contributed by atoms with Crippen LogP contribution in [-0.2, 0) is 0 Å². The molecule has 1 fully saturated rings. The molecular formula is C15H12Cl2N2S2. The van der Waals surface area contributed by atoms with Gasteiger partial charge in [0.15, 0.2) is 0 Å². The van der Waals surface area contributed by atoms with Crippen LogP contribution in [0.25, 0.3) is 0 Å². The third-order valence-electron chi connectivity index (χ3n) is 3.21. The molecule has 0 aliphatic carbocycles. The highest BCUT2D eigenvalue weighted by Gasteiger charge is 2.23. The Morgan fingerprint density at radius 2 is 1.38 bits per heavy atom. The Labute approximate surface area is 143 Å². The van der Waals surface area contributed by atoms with Crippen molar-refractivity contribution in [1.82, 2.24) is 0 Å². The summed E-state index contributed by atoms with van der Waals surface area (Å²) in [5.41, 5.74) is 2.18. The molecule has 1 aliphatic rings. The number of hydrogen-bond donors (Lipinski definition) is 0. The number of thiocarbonyl (C=S) groups is 1. The Hall–Kier alpha value is -0.940. The molecule has 21 heavy (non-hydrogen) atoms. The number of hydrogen-bond acceptors (Lipinski definition) is 3. The van der Waals surface area contributed by atoms with Gasteiger partial charge in [0.1, 0.15) is 4.32 Å². The van der Waals surface area contributed by atoms with E-state index >= 15 is 0 Å². The van der Waals surface area contributed by atoms with Gasteiger partial charge in [0.05, 0.1) is 12.5 Å². The molecule has 0 bridgehead atoms. The SMILES string of the molecule is S=C1SCN(c2ccc(Cl)cc2)CN1c1ccc(Cl)cc1. The fraction of sp³-hybridized carbons (Fsp3) is 0.133. The van der Waals surface area contributed by atoms with E-state index in [2.05, 4.69) is 9.80 Å². The van der Waals surface area contributed by atoms with Crippen molar-refractivity contribution < 1.29 is 0 Å². The van der Waals surface area contributed by atoms with E-state index in [-0.39, 0.29) is 0 Å². The van der Waals surface area contributed by atoms with Gasteiger partial charge in [-0.1, -0.05) is 47.2 Å². The van der Waals surface area contributed by atoms with Crippen LogP contribution in [0.4, 0.5) is 11.4 Å². The zero-order chi connectivity index (χ0) is 14.8. The van der Waals surface area contributed by atoms with E-state index in [0.717, 1.165) is 38.3 Å². The van der Waals surface area contributed by atoms with Crippen LogP contribution < -0.4 is 9.80 Å². The first-order chi connectivity index (χ1) is 10.1. The molecule has 2 aromatic rings. The summed E-state index contributed by atoms with van der Waals surface area (Å²) < 4.78 is 0.877. The summed E-state index contributed by atoms with van der Waals surface area (Å²) >= 11 is 19.0. The van der Waals surface area contributed by atoms with E-state index in [9.17, 15) is 0 Å². The van der Waals surface area contributed by atoms with Crippen LogP contribution in [0.5, 0.6) is 0 Å². The molecule has 1 aliphatic heterocycles. The summed E-state index contributed by atoms with van der Waals surface area (Å²) in [5, 5.41) is 1.47. The van der Waals surface area contributed by atoms with Gasteiger partial charge in [-0.05, 0) is 48.5 Å². The second-order valence-corrected chi connectivity index (χ2v) is 7.05. The maximum atomic E-state index is 5.95. The molecule has 1 heterocycles. The zero-order valence-electron chi connectivity index (χ0n) is 11.0. The maximum Gasteiger partial charge on any atom is 0.144 e. The highest BCUT2D eigenvalue weighted by molar-refractivity contribution is 8.23. The molecule has 6 heteroatoms. The first-order valence-corrected chi connectivity index (χ1v) is 8.49. The van der Waals surface area contributed by atoms with E-state index < -0.39 is 0 Å². The summed E-state index contributed by atoms with van der Waals surface area (Å²) in [4.78, 5) is 4.36. The molecule has 2 nitrogen and oxygen atoms in total. The smallest absolute Gasteiger partial charge is 0.144 e. The lowest BCUT2D eigenvalue weighted by atomic mass is 10.3. The van der Waals surface area contributed by atoms with Crippen LogP contribution in [0.2, 0.25) is 10.0 Å². The standard InChI is InChI=1S/C15H12Cl2N2S2/c16-11-1-5-13(6-2-11)18-9-19(15(20)21-10-18)14-7-3-12(17)4-8-14/h1-8H,9-10H2. The summed E-state index contributed by atoms with van der Waals surface area (Å²) in [7, 11) is 0. The summed E-state index contributed by atoms with van der Waals surface area (Å²) in [6.45, 7) is 0.717. The van der Waals surface area contributed by atoms with Crippen molar-refractivity contribution in [3.05, 3.63) is 58.6 Å². The minimum absolute atomic E-state index is 0.717. The lowest BCUT2D eigenvalue weighted by Gasteiger charge is -2.38. The van der Waals surface area contributed by atoms with Gasteiger partial charge in [-0.2, -0.15) is 0 Å². The van der Waals surface area contributed by atoms with Gasteiger partial charge in [-0.15, -0.1) is 0 Å².